The third-order valence-corrected chi connectivity index (χ3v) is 6.54. The second kappa shape index (κ2) is 13.9. The first-order chi connectivity index (χ1) is 20.6. The standard InChI is InChI=1S/C31H32F3N7O2/c1-19-16-20(30(43)37-22-11-9-21(32)10-12-22)8-13-23(19)27-24(17-35-2)29(39-31(38-27)36-14-15-40(3)4)41(18-42)28-25(33)6-5-7-26(28)34/h5-13,16,18,35H,14-15,17H2,1-4H3,(H,37,43)(H,36,38,39). The van der Waals surface area contributed by atoms with Crippen molar-refractivity contribution in [3.63, 3.8) is 0 Å². The molecule has 4 rings (SSSR count). The van der Waals surface area contributed by atoms with Crippen molar-refractivity contribution in [1.82, 2.24) is 20.2 Å². The van der Waals surface area contributed by atoms with Gasteiger partial charge >= 0.3 is 0 Å². The summed E-state index contributed by atoms with van der Waals surface area (Å²) in [6.07, 6.45) is 0.312. The quantitative estimate of drug-likeness (QED) is 0.197. The van der Waals surface area contributed by atoms with Gasteiger partial charge in [-0.1, -0.05) is 12.1 Å². The van der Waals surface area contributed by atoms with Crippen molar-refractivity contribution in [1.29, 1.82) is 0 Å². The van der Waals surface area contributed by atoms with Gasteiger partial charge in [-0.2, -0.15) is 4.98 Å². The van der Waals surface area contributed by atoms with Crippen LogP contribution in [0.4, 0.5) is 36.3 Å². The van der Waals surface area contributed by atoms with Crippen LogP contribution in [0.1, 0.15) is 21.5 Å². The zero-order valence-electron chi connectivity index (χ0n) is 24.2. The maximum Gasteiger partial charge on any atom is 0.255 e. The molecule has 43 heavy (non-hydrogen) atoms. The molecule has 0 bridgehead atoms. The van der Waals surface area contributed by atoms with Crippen molar-refractivity contribution >= 4 is 35.5 Å². The van der Waals surface area contributed by atoms with Crippen molar-refractivity contribution < 1.29 is 22.8 Å². The summed E-state index contributed by atoms with van der Waals surface area (Å²) in [5.74, 6) is -2.54. The Bertz CT molecular complexity index is 1590. The molecule has 0 aliphatic heterocycles. The number of hydrogen-bond acceptors (Lipinski definition) is 7. The second-order valence-electron chi connectivity index (χ2n) is 9.99. The normalized spacial score (nSPS) is 11.0. The number of nitrogens with zero attached hydrogens (tertiary/aromatic N) is 4. The average Bonchev–Trinajstić information content (AvgIpc) is 2.97. The molecule has 0 atom stereocenters. The van der Waals surface area contributed by atoms with E-state index in [1.807, 2.05) is 19.0 Å². The van der Waals surface area contributed by atoms with Gasteiger partial charge in [0.2, 0.25) is 12.4 Å². The molecule has 0 unspecified atom stereocenters. The predicted octanol–water partition coefficient (Wildman–Crippen LogP) is 5.11. The number of amides is 2. The number of anilines is 4. The van der Waals surface area contributed by atoms with Gasteiger partial charge in [-0.05, 0) is 82.2 Å². The van der Waals surface area contributed by atoms with Gasteiger partial charge in [0.15, 0.2) is 5.82 Å². The molecule has 0 aliphatic carbocycles. The number of carbonyl (C=O) groups excluding carboxylic acids is 2. The van der Waals surface area contributed by atoms with Crippen LogP contribution in [0.15, 0.2) is 60.7 Å². The van der Waals surface area contributed by atoms with E-state index in [0.29, 0.717) is 53.1 Å². The molecular weight excluding hydrogens is 559 g/mol. The minimum absolute atomic E-state index is 0.0109. The summed E-state index contributed by atoms with van der Waals surface area (Å²) in [5, 5.41) is 8.89. The first-order valence-electron chi connectivity index (χ1n) is 13.4. The fourth-order valence-electron chi connectivity index (χ4n) is 4.44. The lowest BCUT2D eigenvalue weighted by Crippen LogP contribution is -2.25. The first-order valence-corrected chi connectivity index (χ1v) is 13.4. The molecule has 3 aromatic carbocycles. The van der Waals surface area contributed by atoms with Crippen molar-refractivity contribution in [3.05, 3.63) is 94.8 Å². The zero-order chi connectivity index (χ0) is 31.1. The van der Waals surface area contributed by atoms with E-state index in [0.717, 1.165) is 17.0 Å². The van der Waals surface area contributed by atoms with Crippen LogP contribution in [0.2, 0.25) is 0 Å². The molecule has 1 heterocycles. The number of nitrogens with one attached hydrogen (secondary N) is 3. The summed E-state index contributed by atoms with van der Waals surface area (Å²) < 4.78 is 43.0. The SMILES string of the molecule is CNCc1c(-c2ccc(C(=O)Nc3ccc(F)cc3)cc2C)nc(NCCN(C)C)nc1N(C=O)c1c(F)cccc1F. The van der Waals surface area contributed by atoms with Crippen LogP contribution in [0.5, 0.6) is 0 Å². The Labute approximate surface area is 247 Å². The number of benzene rings is 3. The maximum atomic E-state index is 14.9. The van der Waals surface area contributed by atoms with Crippen LogP contribution in [0, 0.1) is 24.4 Å². The number of likely N-dealkylation sites (N-methyl/N-ethyl adjacent to an activating group) is 1. The molecule has 9 nitrogen and oxygen atoms in total. The van der Waals surface area contributed by atoms with Gasteiger partial charge in [0.1, 0.15) is 23.1 Å². The molecule has 3 N–H and O–H groups in total. The van der Waals surface area contributed by atoms with E-state index in [2.05, 4.69) is 20.9 Å². The second-order valence-corrected chi connectivity index (χ2v) is 9.99. The first kappa shape index (κ1) is 31.1. The number of halogens is 3. The zero-order valence-corrected chi connectivity index (χ0v) is 24.2. The van der Waals surface area contributed by atoms with Crippen LogP contribution >= 0.6 is 0 Å². The fourth-order valence-corrected chi connectivity index (χ4v) is 4.44. The van der Waals surface area contributed by atoms with Gasteiger partial charge in [0.25, 0.3) is 5.91 Å². The van der Waals surface area contributed by atoms with E-state index in [4.69, 9.17) is 4.98 Å². The van der Waals surface area contributed by atoms with E-state index >= 15 is 0 Å². The number of hydrogen-bond donors (Lipinski definition) is 3. The van der Waals surface area contributed by atoms with E-state index in [-0.39, 0.29) is 18.3 Å². The van der Waals surface area contributed by atoms with Crippen molar-refractivity contribution in [2.45, 2.75) is 13.5 Å². The Morgan fingerprint density at radius 3 is 2.28 bits per heavy atom. The summed E-state index contributed by atoms with van der Waals surface area (Å²) in [4.78, 5) is 37.4. The monoisotopic (exact) mass is 591 g/mol. The van der Waals surface area contributed by atoms with Gasteiger partial charge in [-0.25, -0.2) is 18.2 Å². The number of aryl methyl sites for hydroxylation is 1. The number of carbonyl (C=O) groups is 2. The Balaban J connectivity index is 1.83. The highest BCUT2D eigenvalue weighted by Crippen LogP contribution is 2.36. The van der Waals surface area contributed by atoms with Crippen LogP contribution < -0.4 is 20.9 Å². The molecule has 0 radical (unpaired) electrons. The minimum Gasteiger partial charge on any atom is -0.353 e. The Morgan fingerprint density at radius 1 is 0.977 bits per heavy atom. The van der Waals surface area contributed by atoms with E-state index in [9.17, 15) is 22.8 Å². The fraction of sp³-hybridized carbons (Fsp3) is 0.226. The third kappa shape index (κ3) is 7.34. The Morgan fingerprint density at radius 2 is 1.67 bits per heavy atom. The lowest BCUT2D eigenvalue weighted by Gasteiger charge is -2.24. The van der Waals surface area contributed by atoms with Crippen molar-refractivity contribution in [2.75, 3.05) is 49.8 Å². The van der Waals surface area contributed by atoms with Crippen LogP contribution in [-0.4, -0.2) is 61.4 Å². The van der Waals surface area contributed by atoms with Crippen LogP contribution in [-0.2, 0) is 11.3 Å². The van der Waals surface area contributed by atoms with Crippen LogP contribution in [0.25, 0.3) is 11.3 Å². The molecule has 2 amide bonds. The van der Waals surface area contributed by atoms with E-state index in [1.165, 1.54) is 30.3 Å². The van der Waals surface area contributed by atoms with E-state index in [1.54, 1.807) is 32.2 Å². The Kier molecular flexibility index (Phi) is 10.1. The molecule has 0 fully saturated rings. The minimum atomic E-state index is -0.933. The molecule has 0 aliphatic rings. The van der Waals surface area contributed by atoms with Gasteiger partial charge in [0, 0.05) is 42.0 Å². The summed E-state index contributed by atoms with van der Waals surface area (Å²) in [6, 6.07) is 13.7. The summed E-state index contributed by atoms with van der Waals surface area (Å²) in [6.45, 7) is 3.04. The molecule has 12 heteroatoms. The smallest absolute Gasteiger partial charge is 0.255 e. The van der Waals surface area contributed by atoms with Gasteiger partial charge in [-0.3, -0.25) is 14.5 Å². The van der Waals surface area contributed by atoms with Gasteiger partial charge in [-0.15, -0.1) is 0 Å². The molecule has 0 saturated heterocycles. The molecule has 224 valence electrons. The van der Waals surface area contributed by atoms with Crippen molar-refractivity contribution in [2.24, 2.45) is 0 Å². The number of para-hydroxylation sites is 1. The molecule has 0 saturated carbocycles. The summed E-state index contributed by atoms with van der Waals surface area (Å²) in [7, 11) is 5.49. The molecule has 0 spiro atoms. The third-order valence-electron chi connectivity index (χ3n) is 6.54. The molecule has 4 aromatic rings. The maximum absolute atomic E-state index is 14.9. The number of rotatable bonds is 12. The highest BCUT2D eigenvalue weighted by Gasteiger charge is 2.26. The predicted molar refractivity (Wildman–Crippen MR) is 161 cm³/mol. The molecular formula is C31H32F3N7O2. The Hall–Kier alpha value is -4.81. The van der Waals surface area contributed by atoms with Crippen LogP contribution in [0.3, 0.4) is 0 Å². The topological polar surface area (TPSA) is 102 Å². The van der Waals surface area contributed by atoms with Gasteiger partial charge < -0.3 is 20.9 Å². The van der Waals surface area contributed by atoms with Gasteiger partial charge in [0.05, 0.1) is 5.69 Å². The lowest BCUT2D eigenvalue weighted by atomic mass is 9.98. The average molecular weight is 592 g/mol. The summed E-state index contributed by atoms with van der Waals surface area (Å²) >= 11 is 0. The summed E-state index contributed by atoms with van der Waals surface area (Å²) in [5.41, 5.74) is 2.31. The van der Waals surface area contributed by atoms with E-state index < -0.39 is 29.0 Å². The lowest BCUT2D eigenvalue weighted by molar-refractivity contribution is -0.106. The highest BCUT2D eigenvalue weighted by atomic mass is 19.1. The largest absolute Gasteiger partial charge is 0.353 e. The molecule has 1 aromatic heterocycles. The highest BCUT2D eigenvalue weighted by molar-refractivity contribution is 6.04. The van der Waals surface area contributed by atoms with Crippen molar-refractivity contribution in [3.8, 4) is 11.3 Å². The number of aromatic nitrogens is 2.